The van der Waals surface area contributed by atoms with Crippen LogP contribution in [0.1, 0.15) is 44.6 Å². The molecule has 3 unspecified atom stereocenters. The molecule has 3 atom stereocenters. The number of hydrogen-bond donors (Lipinski definition) is 1. The highest BCUT2D eigenvalue weighted by molar-refractivity contribution is 5.88. The van der Waals surface area contributed by atoms with Gasteiger partial charge in [-0.25, -0.2) is 0 Å². The summed E-state index contributed by atoms with van der Waals surface area (Å²) in [5.41, 5.74) is 2.60. The number of fused-ring (bicyclic) bond motifs is 2. The van der Waals surface area contributed by atoms with Gasteiger partial charge in [-0.2, -0.15) is 0 Å². The molecular formula is C21H30N2O2. The summed E-state index contributed by atoms with van der Waals surface area (Å²) in [6, 6.07) is 9.60. The van der Waals surface area contributed by atoms with E-state index in [0.717, 1.165) is 31.4 Å². The van der Waals surface area contributed by atoms with Crippen molar-refractivity contribution in [3.63, 3.8) is 0 Å². The zero-order valence-corrected chi connectivity index (χ0v) is 15.6. The zero-order valence-electron chi connectivity index (χ0n) is 15.6. The highest BCUT2D eigenvalue weighted by Crippen LogP contribution is 2.36. The van der Waals surface area contributed by atoms with Gasteiger partial charge in [-0.05, 0) is 70.2 Å². The minimum absolute atomic E-state index is 0.0705. The van der Waals surface area contributed by atoms with Crippen molar-refractivity contribution in [2.45, 2.75) is 63.6 Å². The maximum atomic E-state index is 12.3. The van der Waals surface area contributed by atoms with Crippen molar-refractivity contribution in [3.05, 3.63) is 41.5 Å². The van der Waals surface area contributed by atoms with Gasteiger partial charge < -0.3 is 10.1 Å². The van der Waals surface area contributed by atoms with Crippen LogP contribution in [0.25, 0.3) is 0 Å². The van der Waals surface area contributed by atoms with Gasteiger partial charge in [0.05, 0.1) is 7.11 Å². The molecular weight excluding hydrogens is 312 g/mol. The van der Waals surface area contributed by atoms with E-state index < -0.39 is 0 Å². The largest absolute Gasteiger partial charge is 0.497 e. The van der Waals surface area contributed by atoms with Crippen LogP contribution in [0.15, 0.2) is 35.9 Å². The second-order valence-electron chi connectivity index (χ2n) is 7.56. The number of methoxy groups -OCH3 is 1. The van der Waals surface area contributed by atoms with E-state index in [0.29, 0.717) is 12.1 Å². The number of aryl methyl sites for hydroxylation is 1. The molecule has 25 heavy (non-hydrogen) atoms. The van der Waals surface area contributed by atoms with E-state index in [-0.39, 0.29) is 11.9 Å². The van der Waals surface area contributed by atoms with Crippen LogP contribution in [0, 0.1) is 0 Å². The highest BCUT2D eigenvalue weighted by Gasteiger charge is 2.35. The third-order valence-electron chi connectivity index (χ3n) is 5.73. The van der Waals surface area contributed by atoms with Crippen LogP contribution in [0.5, 0.6) is 5.75 Å². The molecule has 1 amide bonds. The van der Waals surface area contributed by atoms with Gasteiger partial charge in [0.15, 0.2) is 0 Å². The summed E-state index contributed by atoms with van der Waals surface area (Å²) in [7, 11) is 3.90. The number of ether oxygens (including phenoxy) is 1. The molecule has 0 spiro atoms. The average Bonchev–Trinajstić information content (AvgIpc) is 2.82. The molecule has 4 nitrogen and oxygen atoms in total. The SMILES string of the molecule is COc1ccc(CCC(C)NC(=O)C=C2CC3CCC(C2)N3C)cc1. The zero-order chi connectivity index (χ0) is 17.8. The first-order valence-corrected chi connectivity index (χ1v) is 9.40. The Morgan fingerprint density at radius 1 is 1.28 bits per heavy atom. The summed E-state index contributed by atoms with van der Waals surface area (Å²) in [6.07, 6.45) is 8.42. The average molecular weight is 342 g/mol. The van der Waals surface area contributed by atoms with E-state index in [1.807, 2.05) is 18.2 Å². The fourth-order valence-electron chi connectivity index (χ4n) is 4.11. The molecule has 2 saturated heterocycles. The number of nitrogens with one attached hydrogen (secondary N) is 1. The molecule has 2 aliphatic rings. The molecule has 2 bridgehead atoms. The van der Waals surface area contributed by atoms with Crippen molar-refractivity contribution in [1.29, 1.82) is 0 Å². The number of rotatable bonds is 6. The Bertz CT molecular complexity index is 607. The number of carbonyl (C=O) groups is 1. The van der Waals surface area contributed by atoms with Gasteiger partial charge in [-0.3, -0.25) is 9.69 Å². The minimum Gasteiger partial charge on any atom is -0.497 e. The Hall–Kier alpha value is -1.81. The predicted octanol–water partition coefficient (Wildman–Crippen LogP) is 3.32. The molecule has 2 heterocycles. The Labute approximate surface area is 151 Å². The van der Waals surface area contributed by atoms with Crippen LogP contribution in [-0.4, -0.2) is 43.1 Å². The molecule has 3 rings (SSSR count). The molecule has 0 radical (unpaired) electrons. The highest BCUT2D eigenvalue weighted by atomic mass is 16.5. The van der Waals surface area contributed by atoms with Gasteiger partial charge in [0.25, 0.3) is 0 Å². The van der Waals surface area contributed by atoms with E-state index in [2.05, 4.69) is 36.3 Å². The first-order chi connectivity index (χ1) is 12.0. The molecule has 136 valence electrons. The quantitative estimate of drug-likeness (QED) is 0.807. The minimum atomic E-state index is 0.0705. The van der Waals surface area contributed by atoms with E-state index in [9.17, 15) is 4.79 Å². The third kappa shape index (κ3) is 4.63. The van der Waals surface area contributed by atoms with Crippen LogP contribution in [0.2, 0.25) is 0 Å². The summed E-state index contributed by atoms with van der Waals surface area (Å²) in [5.74, 6) is 0.949. The summed E-state index contributed by atoms with van der Waals surface area (Å²) < 4.78 is 5.18. The van der Waals surface area contributed by atoms with Gasteiger partial charge in [-0.15, -0.1) is 0 Å². The third-order valence-corrected chi connectivity index (χ3v) is 5.73. The van der Waals surface area contributed by atoms with E-state index in [1.54, 1.807) is 7.11 Å². The van der Waals surface area contributed by atoms with Crippen LogP contribution < -0.4 is 10.1 Å². The van der Waals surface area contributed by atoms with Crippen molar-refractivity contribution < 1.29 is 9.53 Å². The Morgan fingerprint density at radius 3 is 2.52 bits per heavy atom. The lowest BCUT2D eigenvalue weighted by molar-refractivity contribution is -0.117. The summed E-state index contributed by atoms with van der Waals surface area (Å²) in [4.78, 5) is 14.8. The molecule has 1 aromatic carbocycles. The fourth-order valence-corrected chi connectivity index (χ4v) is 4.11. The smallest absolute Gasteiger partial charge is 0.244 e. The lowest BCUT2D eigenvalue weighted by Gasteiger charge is -2.32. The second kappa shape index (κ2) is 8.05. The lowest BCUT2D eigenvalue weighted by Crippen LogP contribution is -2.38. The fraction of sp³-hybridized carbons (Fsp3) is 0.571. The van der Waals surface area contributed by atoms with E-state index >= 15 is 0 Å². The number of benzene rings is 1. The Morgan fingerprint density at radius 2 is 1.92 bits per heavy atom. The summed E-state index contributed by atoms with van der Waals surface area (Å²) in [6.45, 7) is 2.08. The van der Waals surface area contributed by atoms with Crippen molar-refractivity contribution in [2.24, 2.45) is 0 Å². The molecule has 1 aromatic rings. The number of carbonyl (C=O) groups excluding carboxylic acids is 1. The van der Waals surface area contributed by atoms with Crippen molar-refractivity contribution in [3.8, 4) is 5.75 Å². The van der Waals surface area contributed by atoms with E-state index in [4.69, 9.17) is 4.74 Å². The lowest BCUT2D eigenvalue weighted by atomic mass is 9.97. The summed E-state index contributed by atoms with van der Waals surface area (Å²) >= 11 is 0. The molecule has 0 saturated carbocycles. The topological polar surface area (TPSA) is 41.6 Å². The Kier molecular flexibility index (Phi) is 5.79. The maximum absolute atomic E-state index is 12.3. The van der Waals surface area contributed by atoms with Gasteiger partial charge in [0, 0.05) is 24.2 Å². The van der Waals surface area contributed by atoms with Gasteiger partial charge >= 0.3 is 0 Å². The first kappa shape index (κ1) is 18.0. The van der Waals surface area contributed by atoms with Gasteiger partial charge in [0.2, 0.25) is 5.91 Å². The molecule has 4 heteroatoms. The van der Waals surface area contributed by atoms with Crippen molar-refractivity contribution >= 4 is 5.91 Å². The summed E-state index contributed by atoms with van der Waals surface area (Å²) in [5, 5.41) is 3.13. The Balaban J connectivity index is 1.45. The number of hydrogen-bond acceptors (Lipinski definition) is 3. The van der Waals surface area contributed by atoms with Gasteiger partial charge in [-0.1, -0.05) is 17.7 Å². The first-order valence-electron chi connectivity index (χ1n) is 9.40. The number of piperidine rings is 1. The van der Waals surface area contributed by atoms with Crippen LogP contribution >= 0.6 is 0 Å². The normalized spacial score (nSPS) is 24.0. The molecule has 1 N–H and O–H groups in total. The second-order valence-corrected chi connectivity index (χ2v) is 7.56. The monoisotopic (exact) mass is 342 g/mol. The van der Waals surface area contributed by atoms with E-state index in [1.165, 1.54) is 24.0 Å². The number of nitrogens with zero attached hydrogens (tertiary/aromatic N) is 1. The standard InChI is InChI=1S/C21H30N2O2/c1-15(4-5-16-6-10-20(25-3)11-7-16)22-21(24)14-17-12-18-8-9-19(13-17)23(18)2/h6-7,10-11,14-15,18-19H,4-5,8-9,12-13H2,1-3H3,(H,22,24). The maximum Gasteiger partial charge on any atom is 0.244 e. The predicted molar refractivity (Wildman–Crippen MR) is 101 cm³/mol. The molecule has 2 aliphatic heterocycles. The van der Waals surface area contributed by atoms with Crippen molar-refractivity contribution in [2.75, 3.05) is 14.2 Å². The molecule has 0 aromatic heterocycles. The van der Waals surface area contributed by atoms with Gasteiger partial charge in [0.1, 0.15) is 5.75 Å². The van der Waals surface area contributed by atoms with Crippen LogP contribution in [0.3, 0.4) is 0 Å². The van der Waals surface area contributed by atoms with Crippen LogP contribution in [0.4, 0.5) is 0 Å². The molecule has 0 aliphatic carbocycles. The van der Waals surface area contributed by atoms with Crippen molar-refractivity contribution in [1.82, 2.24) is 10.2 Å². The van der Waals surface area contributed by atoms with Crippen LogP contribution in [-0.2, 0) is 11.2 Å². The number of amides is 1. The molecule has 2 fully saturated rings.